The number of piperidine rings is 1. The molecule has 2 unspecified atom stereocenters. The highest BCUT2D eigenvalue weighted by molar-refractivity contribution is 6.36. The maximum absolute atomic E-state index is 12.8. The molecule has 0 N–H and O–H groups in total. The molecule has 23 heavy (non-hydrogen) atoms. The molecular formula is C14H16ClN3O5. The molecule has 1 saturated heterocycles. The number of nitro groups is 2. The third-order valence-corrected chi connectivity index (χ3v) is 4.50. The number of carbonyl (C=O) groups is 1. The van der Waals surface area contributed by atoms with Crippen LogP contribution < -0.4 is 0 Å². The number of hydrogen-bond acceptors (Lipinski definition) is 5. The van der Waals surface area contributed by atoms with Crippen LogP contribution in [-0.2, 0) is 0 Å². The van der Waals surface area contributed by atoms with Gasteiger partial charge in [0.05, 0.1) is 21.5 Å². The maximum atomic E-state index is 12.8. The number of carbonyl (C=O) groups excluding carboxylic acids is 1. The summed E-state index contributed by atoms with van der Waals surface area (Å²) in [4.78, 5) is 34.8. The molecule has 1 aromatic carbocycles. The molecule has 0 bridgehead atoms. The first kappa shape index (κ1) is 17.1. The lowest BCUT2D eigenvalue weighted by molar-refractivity contribution is -0.394. The third-order valence-electron chi connectivity index (χ3n) is 4.10. The highest BCUT2D eigenvalue weighted by Crippen LogP contribution is 2.35. The fraction of sp³-hybridized carbons (Fsp3) is 0.500. The average Bonchev–Trinajstić information content (AvgIpc) is 2.46. The molecule has 2 atom stereocenters. The standard InChI is InChI=1S/C14H16ClN3O5/c1-8-4-3-5-9(2)16(8)14(19)11-6-10(17(20)21)7-12(13(11)15)18(22)23/h6-9H,3-5H2,1-2H3. The molecule has 1 aliphatic rings. The van der Waals surface area contributed by atoms with E-state index in [2.05, 4.69) is 0 Å². The number of hydrogen-bond donors (Lipinski definition) is 0. The summed E-state index contributed by atoms with van der Waals surface area (Å²) in [7, 11) is 0. The summed E-state index contributed by atoms with van der Waals surface area (Å²) in [6, 6.07) is 1.66. The van der Waals surface area contributed by atoms with Gasteiger partial charge in [-0.15, -0.1) is 0 Å². The zero-order valence-corrected chi connectivity index (χ0v) is 13.4. The first-order valence-electron chi connectivity index (χ1n) is 7.19. The van der Waals surface area contributed by atoms with E-state index in [4.69, 9.17) is 11.6 Å². The number of halogens is 1. The second-order valence-electron chi connectivity index (χ2n) is 5.68. The number of nitro benzene ring substituents is 2. The van der Waals surface area contributed by atoms with Crippen molar-refractivity contribution in [1.29, 1.82) is 0 Å². The highest BCUT2D eigenvalue weighted by Gasteiger charge is 2.34. The summed E-state index contributed by atoms with van der Waals surface area (Å²) in [5, 5.41) is 21.7. The minimum atomic E-state index is -0.824. The lowest BCUT2D eigenvalue weighted by Gasteiger charge is -2.39. The van der Waals surface area contributed by atoms with Crippen molar-refractivity contribution in [3.63, 3.8) is 0 Å². The smallest absolute Gasteiger partial charge is 0.295 e. The lowest BCUT2D eigenvalue weighted by Crippen LogP contribution is -2.47. The summed E-state index contributed by atoms with van der Waals surface area (Å²) >= 11 is 5.98. The first-order valence-corrected chi connectivity index (χ1v) is 7.56. The van der Waals surface area contributed by atoms with Crippen molar-refractivity contribution < 1.29 is 14.6 Å². The van der Waals surface area contributed by atoms with Gasteiger partial charge in [-0.1, -0.05) is 11.6 Å². The molecule has 0 aliphatic carbocycles. The fourth-order valence-corrected chi connectivity index (χ4v) is 3.21. The Labute approximate surface area is 137 Å². The molecule has 0 saturated carbocycles. The number of benzene rings is 1. The van der Waals surface area contributed by atoms with Gasteiger partial charge in [-0.05, 0) is 33.1 Å². The van der Waals surface area contributed by atoms with Gasteiger partial charge in [-0.2, -0.15) is 0 Å². The lowest BCUT2D eigenvalue weighted by atomic mass is 9.96. The summed E-state index contributed by atoms with van der Waals surface area (Å²) in [6.45, 7) is 3.76. The van der Waals surface area contributed by atoms with Gasteiger partial charge < -0.3 is 4.90 Å². The molecule has 0 spiro atoms. The molecule has 124 valence electrons. The Morgan fingerprint density at radius 1 is 1.17 bits per heavy atom. The number of likely N-dealkylation sites (tertiary alicyclic amines) is 1. The van der Waals surface area contributed by atoms with Crippen LogP contribution in [0.15, 0.2) is 12.1 Å². The van der Waals surface area contributed by atoms with Gasteiger partial charge in [0.2, 0.25) is 0 Å². The Balaban J connectivity index is 2.54. The average molecular weight is 342 g/mol. The predicted molar refractivity (Wildman–Crippen MR) is 83.7 cm³/mol. The van der Waals surface area contributed by atoms with E-state index in [9.17, 15) is 25.0 Å². The van der Waals surface area contributed by atoms with Crippen molar-refractivity contribution in [2.24, 2.45) is 0 Å². The van der Waals surface area contributed by atoms with Gasteiger partial charge in [0.1, 0.15) is 5.02 Å². The van der Waals surface area contributed by atoms with Crippen molar-refractivity contribution in [2.75, 3.05) is 0 Å². The van der Waals surface area contributed by atoms with Crippen LogP contribution in [0.5, 0.6) is 0 Å². The number of nitrogens with zero attached hydrogens (tertiary/aromatic N) is 3. The normalized spacial score (nSPS) is 21.1. The van der Waals surface area contributed by atoms with Gasteiger partial charge in [0.15, 0.2) is 0 Å². The van der Waals surface area contributed by atoms with Crippen molar-refractivity contribution in [2.45, 2.75) is 45.2 Å². The second kappa shape index (κ2) is 6.49. The van der Waals surface area contributed by atoms with Crippen molar-refractivity contribution in [3.8, 4) is 0 Å². The Morgan fingerprint density at radius 2 is 1.74 bits per heavy atom. The summed E-state index contributed by atoms with van der Waals surface area (Å²) < 4.78 is 0. The molecule has 1 aromatic rings. The summed E-state index contributed by atoms with van der Waals surface area (Å²) in [6.07, 6.45) is 2.60. The first-order chi connectivity index (χ1) is 10.7. The molecule has 1 aliphatic heterocycles. The molecule has 1 fully saturated rings. The van der Waals surface area contributed by atoms with Gasteiger partial charge in [0.25, 0.3) is 17.3 Å². The SMILES string of the molecule is CC1CCCC(C)N1C(=O)c1cc([N+](=O)[O-])cc([N+](=O)[O-])c1Cl. The van der Waals surface area contributed by atoms with Crippen LogP contribution in [-0.4, -0.2) is 32.7 Å². The van der Waals surface area contributed by atoms with E-state index in [1.807, 2.05) is 13.8 Å². The molecule has 0 aromatic heterocycles. The van der Waals surface area contributed by atoms with E-state index in [-0.39, 0.29) is 22.7 Å². The fourth-order valence-electron chi connectivity index (χ4n) is 2.95. The van der Waals surface area contributed by atoms with E-state index < -0.39 is 27.1 Å². The van der Waals surface area contributed by atoms with Crippen LogP contribution in [0.3, 0.4) is 0 Å². The molecular weight excluding hydrogens is 326 g/mol. The van der Waals surface area contributed by atoms with Crippen LogP contribution in [0, 0.1) is 20.2 Å². The molecule has 8 nitrogen and oxygen atoms in total. The van der Waals surface area contributed by atoms with Crippen molar-refractivity contribution in [1.82, 2.24) is 4.90 Å². The Hall–Kier alpha value is -2.22. The van der Waals surface area contributed by atoms with Gasteiger partial charge in [0, 0.05) is 18.2 Å². The van der Waals surface area contributed by atoms with Gasteiger partial charge in [-0.3, -0.25) is 25.0 Å². The Morgan fingerprint density at radius 3 is 2.22 bits per heavy atom. The number of amides is 1. The molecule has 1 amide bonds. The van der Waals surface area contributed by atoms with Crippen LogP contribution in [0.2, 0.25) is 5.02 Å². The zero-order valence-electron chi connectivity index (χ0n) is 12.7. The predicted octanol–water partition coefficient (Wildman–Crippen LogP) is 3.56. The quantitative estimate of drug-likeness (QED) is 0.617. The van der Waals surface area contributed by atoms with Crippen LogP contribution in [0.25, 0.3) is 0 Å². The zero-order chi connectivity index (χ0) is 17.3. The third kappa shape index (κ3) is 3.26. The van der Waals surface area contributed by atoms with Gasteiger partial charge in [-0.25, -0.2) is 0 Å². The van der Waals surface area contributed by atoms with E-state index in [1.165, 1.54) is 0 Å². The minimum absolute atomic E-state index is 0.0550. The number of rotatable bonds is 3. The Kier molecular flexibility index (Phi) is 4.84. The van der Waals surface area contributed by atoms with Crippen molar-refractivity contribution in [3.05, 3.63) is 42.9 Å². The van der Waals surface area contributed by atoms with E-state index in [0.29, 0.717) is 0 Å². The highest BCUT2D eigenvalue weighted by atomic mass is 35.5. The van der Waals surface area contributed by atoms with E-state index in [1.54, 1.807) is 4.90 Å². The summed E-state index contributed by atoms with van der Waals surface area (Å²) in [5.41, 5.74) is -1.36. The topological polar surface area (TPSA) is 107 Å². The Bertz CT molecular complexity index is 669. The van der Waals surface area contributed by atoms with E-state index in [0.717, 1.165) is 31.4 Å². The maximum Gasteiger partial charge on any atom is 0.295 e. The minimum Gasteiger partial charge on any atom is -0.333 e. The monoisotopic (exact) mass is 341 g/mol. The summed E-state index contributed by atoms with van der Waals surface area (Å²) in [5.74, 6) is -0.512. The number of non-ortho nitro benzene ring substituents is 1. The van der Waals surface area contributed by atoms with Crippen LogP contribution >= 0.6 is 11.6 Å². The molecule has 2 rings (SSSR count). The largest absolute Gasteiger partial charge is 0.333 e. The van der Waals surface area contributed by atoms with Crippen LogP contribution in [0.4, 0.5) is 11.4 Å². The van der Waals surface area contributed by atoms with Gasteiger partial charge >= 0.3 is 0 Å². The molecule has 0 radical (unpaired) electrons. The molecule has 1 heterocycles. The second-order valence-corrected chi connectivity index (χ2v) is 6.06. The molecule has 9 heteroatoms. The van der Waals surface area contributed by atoms with Crippen molar-refractivity contribution >= 4 is 28.9 Å². The van der Waals surface area contributed by atoms with E-state index >= 15 is 0 Å². The van der Waals surface area contributed by atoms with Crippen LogP contribution in [0.1, 0.15) is 43.5 Å².